The van der Waals surface area contributed by atoms with Crippen LogP contribution in [0.15, 0.2) is 24.3 Å². The molecule has 0 aromatic heterocycles. The summed E-state index contributed by atoms with van der Waals surface area (Å²) in [6.45, 7) is 9.89. The second kappa shape index (κ2) is 7.28. The third kappa shape index (κ3) is 3.87. The van der Waals surface area contributed by atoms with Crippen molar-refractivity contribution in [3.05, 3.63) is 29.8 Å². The van der Waals surface area contributed by atoms with Gasteiger partial charge in [-0.3, -0.25) is 4.72 Å². The van der Waals surface area contributed by atoms with Gasteiger partial charge in [-0.05, 0) is 49.4 Å². The Balaban J connectivity index is 1.60. The summed E-state index contributed by atoms with van der Waals surface area (Å²) < 4.78 is 26.3. The zero-order valence-electron chi connectivity index (χ0n) is 15.8. The molecule has 0 spiro atoms. The Kier molecular flexibility index (Phi) is 5.45. The minimum Gasteiger partial charge on any atom is -0.303 e. The molecule has 25 heavy (non-hydrogen) atoms. The molecule has 1 aliphatic heterocycles. The van der Waals surface area contributed by atoms with E-state index in [0.717, 1.165) is 11.8 Å². The van der Waals surface area contributed by atoms with E-state index in [9.17, 15) is 8.42 Å². The van der Waals surface area contributed by atoms with Gasteiger partial charge in [0.1, 0.15) is 0 Å². The number of likely N-dealkylation sites (tertiary alicyclic amines) is 1. The zero-order chi connectivity index (χ0) is 18.1. The lowest BCUT2D eigenvalue weighted by molar-refractivity contribution is 0.271. The Morgan fingerprint density at radius 1 is 1.16 bits per heavy atom. The van der Waals surface area contributed by atoms with E-state index in [-0.39, 0.29) is 11.2 Å². The molecule has 1 aromatic rings. The van der Waals surface area contributed by atoms with Gasteiger partial charge in [0.2, 0.25) is 10.0 Å². The summed E-state index contributed by atoms with van der Waals surface area (Å²) in [5.41, 5.74) is 2.19. The molecule has 0 bridgehead atoms. The minimum atomic E-state index is -3.22. The molecular weight excluding hydrogens is 332 g/mol. The summed E-state index contributed by atoms with van der Waals surface area (Å²) in [6.07, 6.45) is 5.30. The van der Waals surface area contributed by atoms with E-state index in [0.29, 0.717) is 5.69 Å². The van der Waals surface area contributed by atoms with Crippen molar-refractivity contribution in [3.63, 3.8) is 0 Å². The molecule has 2 atom stereocenters. The molecule has 1 aromatic carbocycles. The third-order valence-electron chi connectivity index (χ3n) is 6.29. The first-order valence-electron chi connectivity index (χ1n) is 9.74. The first kappa shape index (κ1) is 18.7. The Hall–Kier alpha value is -1.07. The molecule has 0 amide bonds. The maximum atomic E-state index is 11.8. The molecule has 1 heterocycles. The number of benzene rings is 1. The largest absolute Gasteiger partial charge is 0.303 e. The lowest BCUT2D eigenvalue weighted by Crippen LogP contribution is -2.30. The van der Waals surface area contributed by atoms with Crippen LogP contribution < -0.4 is 4.72 Å². The number of nitrogens with one attached hydrogen (secondary N) is 1. The molecule has 2 aliphatic rings. The highest BCUT2D eigenvalue weighted by atomic mass is 32.2. The number of hydrogen-bond acceptors (Lipinski definition) is 3. The molecule has 1 aliphatic carbocycles. The van der Waals surface area contributed by atoms with E-state index in [1.165, 1.54) is 50.9 Å². The zero-order valence-corrected chi connectivity index (χ0v) is 16.6. The predicted octanol–water partition coefficient (Wildman–Crippen LogP) is 3.85. The Morgan fingerprint density at radius 3 is 2.52 bits per heavy atom. The second-order valence-corrected chi connectivity index (χ2v) is 9.91. The summed E-state index contributed by atoms with van der Waals surface area (Å²) in [5, 5.41) is 0. The van der Waals surface area contributed by atoms with Crippen molar-refractivity contribution in [1.82, 2.24) is 4.90 Å². The molecule has 2 unspecified atom stereocenters. The summed E-state index contributed by atoms with van der Waals surface area (Å²) in [5.74, 6) is 1.54. The summed E-state index contributed by atoms with van der Waals surface area (Å²) in [7, 11) is -3.22. The van der Waals surface area contributed by atoms with E-state index in [2.05, 4.69) is 29.5 Å². The van der Waals surface area contributed by atoms with Gasteiger partial charge in [-0.2, -0.15) is 0 Å². The normalized spacial score (nSPS) is 28.8. The maximum Gasteiger partial charge on any atom is 0.232 e. The summed E-state index contributed by atoms with van der Waals surface area (Å²) in [4.78, 5) is 2.62. The van der Waals surface area contributed by atoms with Crippen molar-refractivity contribution < 1.29 is 8.42 Å². The number of piperidine rings is 1. The quantitative estimate of drug-likeness (QED) is 0.677. The first-order valence-corrected chi connectivity index (χ1v) is 11.4. The molecule has 1 saturated carbocycles. The number of sulfonamides is 1. The fraction of sp³-hybridized carbons (Fsp3) is 0.700. The summed E-state index contributed by atoms with van der Waals surface area (Å²) >= 11 is 0. The van der Waals surface area contributed by atoms with Crippen LogP contribution in [-0.4, -0.2) is 38.7 Å². The molecule has 1 N–H and O–H groups in total. The van der Waals surface area contributed by atoms with Gasteiger partial charge in [0.25, 0.3) is 0 Å². The van der Waals surface area contributed by atoms with E-state index in [1.54, 1.807) is 6.92 Å². The van der Waals surface area contributed by atoms with Gasteiger partial charge in [0, 0.05) is 24.2 Å². The average Bonchev–Trinajstić information content (AvgIpc) is 2.95. The van der Waals surface area contributed by atoms with Crippen LogP contribution >= 0.6 is 0 Å². The third-order valence-corrected chi connectivity index (χ3v) is 7.60. The second-order valence-electron chi connectivity index (χ2n) is 7.90. The van der Waals surface area contributed by atoms with Crippen molar-refractivity contribution in [3.8, 4) is 0 Å². The molecule has 1 saturated heterocycles. The number of fused-ring (bicyclic) bond motifs is 1. The molecule has 2 fully saturated rings. The van der Waals surface area contributed by atoms with Gasteiger partial charge in [0.05, 0.1) is 5.75 Å². The van der Waals surface area contributed by atoms with Crippen molar-refractivity contribution in [2.45, 2.75) is 51.9 Å². The van der Waals surface area contributed by atoms with E-state index < -0.39 is 10.0 Å². The van der Waals surface area contributed by atoms with Gasteiger partial charge in [-0.25, -0.2) is 8.42 Å². The molecule has 0 radical (unpaired) electrons. The maximum absolute atomic E-state index is 11.8. The van der Waals surface area contributed by atoms with Crippen LogP contribution in [0, 0.1) is 11.8 Å². The lowest BCUT2D eigenvalue weighted by atomic mass is 9.92. The van der Waals surface area contributed by atoms with Crippen LogP contribution in [0.1, 0.15) is 52.0 Å². The van der Waals surface area contributed by atoms with Crippen LogP contribution in [0.2, 0.25) is 0 Å². The Morgan fingerprint density at radius 2 is 1.88 bits per heavy atom. The van der Waals surface area contributed by atoms with Gasteiger partial charge >= 0.3 is 0 Å². The minimum absolute atomic E-state index is 0.104. The molecular formula is C20H32N2O2S. The van der Waals surface area contributed by atoms with Gasteiger partial charge < -0.3 is 4.90 Å². The van der Waals surface area contributed by atoms with Crippen LogP contribution in [0.5, 0.6) is 0 Å². The fourth-order valence-corrected chi connectivity index (χ4v) is 5.14. The van der Waals surface area contributed by atoms with Crippen molar-refractivity contribution in [1.29, 1.82) is 0 Å². The van der Waals surface area contributed by atoms with Crippen molar-refractivity contribution in [2.24, 2.45) is 11.8 Å². The molecule has 4 nitrogen and oxygen atoms in total. The standard InChI is InChI=1S/C20H32N2O2S/c1-4-6-7-8-12-22-14-18-19(15-22)20(18,3)16-10-9-11-17(13-16)21-25(23,24)5-2/h9-11,13,18-19,21H,4-8,12,14-15H2,1-3H3. The van der Waals surface area contributed by atoms with E-state index in [1.807, 2.05) is 18.2 Å². The van der Waals surface area contributed by atoms with Crippen molar-refractivity contribution >= 4 is 15.7 Å². The monoisotopic (exact) mass is 364 g/mol. The number of anilines is 1. The van der Waals surface area contributed by atoms with Gasteiger partial charge in [0.15, 0.2) is 0 Å². The first-order chi connectivity index (χ1) is 11.9. The Labute approximate surface area is 153 Å². The number of nitrogens with zero attached hydrogens (tertiary/aromatic N) is 1. The highest BCUT2D eigenvalue weighted by Crippen LogP contribution is 2.63. The van der Waals surface area contributed by atoms with Crippen LogP contribution in [0.4, 0.5) is 5.69 Å². The van der Waals surface area contributed by atoms with Crippen molar-refractivity contribution in [2.75, 3.05) is 30.1 Å². The number of rotatable bonds is 9. The van der Waals surface area contributed by atoms with Crippen LogP contribution in [0.25, 0.3) is 0 Å². The SMILES string of the molecule is CCCCCCN1CC2C(C1)C2(C)c1cccc(NS(=O)(=O)CC)c1. The highest BCUT2D eigenvalue weighted by molar-refractivity contribution is 7.92. The topological polar surface area (TPSA) is 49.4 Å². The van der Waals surface area contributed by atoms with Crippen LogP contribution in [-0.2, 0) is 15.4 Å². The lowest BCUT2D eigenvalue weighted by Gasteiger charge is -2.24. The summed E-state index contributed by atoms with van der Waals surface area (Å²) in [6, 6.07) is 8.02. The number of hydrogen-bond donors (Lipinski definition) is 1. The predicted molar refractivity (Wildman–Crippen MR) is 104 cm³/mol. The number of unbranched alkanes of at least 4 members (excludes halogenated alkanes) is 3. The van der Waals surface area contributed by atoms with Gasteiger partial charge in [-0.1, -0.05) is 45.2 Å². The van der Waals surface area contributed by atoms with E-state index in [4.69, 9.17) is 0 Å². The Bertz CT molecular complexity index is 689. The van der Waals surface area contributed by atoms with Crippen LogP contribution in [0.3, 0.4) is 0 Å². The average molecular weight is 365 g/mol. The smallest absolute Gasteiger partial charge is 0.232 e. The molecule has 5 heteroatoms. The van der Waals surface area contributed by atoms with Gasteiger partial charge in [-0.15, -0.1) is 0 Å². The molecule has 3 rings (SSSR count). The van der Waals surface area contributed by atoms with E-state index >= 15 is 0 Å². The highest BCUT2D eigenvalue weighted by Gasteiger charge is 2.65. The fourth-order valence-electron chi connectivity index (χ4n) is 4.50. The molecule has 140 valence electrons.